The standard InChI is InChI=1S/C13H10N2OS/c14-8-11-10(12-2-1-7-17-12)5-6-15(13(11)16)9-3-4-9/h1-2,5-7,9H,3-4H2. The zero-order valence-electron chi connectivity index (χ0n) is 9.09. The molecule has 4 heteroatoms. The fourth-order valence-electron chi connectivity index (χ4n) is 1.94. The highest BCUT2D eigenvalue weighted by Crippen LogP contribution is 2.34. The van der Waals surface area contributed by atoms with Gasteiger partial charge in [-0.3, -0.25) is 4.79 Å². The molecule has 17 heavy (non-hydrogen) atoms. The molecule has 0 N–H and O–H groups in total. The summed E-state index contributed by atoms with van der Waals surface area (Å²) in [4.78, 5) is 13.1. The van der Waals surface area contributed by atoms with Crippen molar-refractivity contribution in [2.45, 2.75) is 18.9 Å². The second-order valence-corrected chi connectivity index (χ2v) is 5.08. The molecule has 84 valence electrons. The smallest absolute Gasteiger partial charge is 0.269 e. The monoisotopic (exact) mass is 242 g/mol. The molecular weight excluding hydrogens is 232 g/mol. The molecule has 1 aliphatic rings. The second-order valence-electron chi connectivity index (χ2n) is 4.14. The van der Waals surface area contributed by atoms with Gasteiger partial charge in [0.05, 0.1) is 0 Å². The summed E-state index contributed by atoms with van der Waals surface area (Å²) < 4.78 is 1.69. The molecule has 2 aromatic heterocycles. The average molecular weight is 242 g/mol. The molecule has 0 aliphatic heterocycles. The summed E-state index contributed by atoms with van der Waals surface area (Å²) in [5.74, 6) is 0. The number of hydrogen-bond acceptors (Lipinski definition) is 3. The largest absolute Gasteiger partial charge is 0.311 e. The van der Waals surface area contributed by atoms with Crippen molar-refractivity contribution >= 4 is 11.3 Å². The Labute approximate surface area is 103 Å². The van der Waals surface area contributed by atoms with Crippen molar-refractivity contribution in [2.24, 2.45) is 0 Å². The number of nitrogens with zero attached hydrogens (tertiary/aromatic N) is 2. The fourth-order valence-corrected chi connectivity index (χ4v) is 2.69. The van der Waals surface area contributed by atoms with Gasteiger partial charge in [-0.15, -0.1) is 11.3 Å². The van der Waals surface area contributed by atoms with Crippen LogP contribution in [0.4, 0.5) is 0 Å². The van der Waals surface area contributed by atoms with Crippen LogP contribution in [0, 0.1) is 11.3 Å². The highest BCUT2D eigenvalue weighted by molar-refractivity contribution is 7.13. The van der Waals surface area contributed by atoms with E-state index in [2.05, 4.69) is 0 Å². The molecular formula is C13H10N2OS. The molecule has 1 aliphatic carbocycles. The first kappa shape index (κ1) is 10.3. The van der Waals surface area contributed by atoms with Crippen molar-refractivity contribution < 1.29 is 0 Å². The van der Waals surface area contributed by atoms with Crippen molar-refractivity contribution in [3.8, 4) is 16.5 Å². The van der Waals surface area contributed by atoms with Crippen molar-refractivity contribution in [3.05, 3.63) is 45.7 Å². The average Bonchev–Trinajstić information content (AvgIpc) is 3.03. The van der Waals surface area contributed by atoms with Gasteiger partial charge in [-0.05, 0) is 30.4 Å². The zero-order valence-corrected chi connectivity index (χ0v) is 9.91. The van der Waals surface area contributed by atoms with Gasteiger partial charge in [0, 0.05) is 22.7 Å². The maximum atomic E-state index is 12.1. The summed E-state index contributed by atoms with van der Waals surface area (Å²) in [5.41, 5.74) is 0.868. The van der Waals surface area contributed by atoms with Gasteiger partial charge >= 0.3 is 0 Å². The van der Waals surface area contributed by atoms with E-state index in [0.717, 1.165) is 23.3 Å². The molecule has 0 saturated heterocycles. The van der Waals surface area contributed by atoms with E-state index in [9.17, 15) is 4.79 Å². The maximum absolute atomic E-state index is 12.1. The predicted molar refractivity (Wildman–Crippen MR) is 67.0 cm³/mol. The Hall–Kier alpha value is -1.86. The third-order valence-electron chi connectivity index (χ3n) is 2.96. The van der Waals surface area contributed by atoms with E-state index < -0.39 is 0 Å². The van der Waals surface area contributed by atoms with E-state index in [4.69, 9.17) is 5.26 Å². The van der Waals surface area contributed by atoms with Crippen LogP contribution < -0.4 is 5.56 Å². The number of pyridine rings is 1. The minimum absolute atomic E-state index is 0.152. The number of rotatable bonds is 2. The van der Waals surface area contributed by atoms with Gasteiger partial charge in [-0.1, -0.05) is 6.07 Å². The van der Waals surface area contributed by atoms with E-state index in [0.29, 0.717) is 6.04 Å². The van der Waals surface area contributed by atoms with Gasteiger partial charge in [0.25, 0.3) is 5.56 Å². The Morgan fingerprint density at radius 1 is 1.41 bits per heavy atom. The molecule has 0 atom stereocenters. The SMILES string of the molecule is N#Cc1c(-c2cccs2)ccn(C2CC2)c1=O. The van der Waals surface area contributed by atoms with Crippen LogP contribution in [0.5, 0.6) is 0 Å². The molecule has 0 bridgehead atoms. The third-order valence-corrected chi connectivity index (χ3v) is 3.86. The quantitative estimate of drug-likeness (QED) is 0.812. The van der Waals surface area contributed by atoms with Gasteiger partial charge in [0.1, 0.15) is 11.6 Å². The van der Waals surface area contributed by atoms with Crippen LogP contribution in [0.3, 0.4) is 0 Å². The van der Waals surface area contributed by atoms with Gasteiger partial charge in [-0.2, -0.15) is 5.26 Å². The summed E-state index contributed by atoms with van der Waals surface area (Å²) in [6, 6.07) is 8.10. The Balaban J connectivity index is 2.21. The predicted octanol–water partition coefficient (Wildman–Crippen LogP) is 2.78. The Kier molecular flexibility index (Phi) is 2.34. The van der Waals surface area contributed by atoms with E-state index in [1.165, 1.54) is 0 Å². The van der Waals surface area contributed by atoms with Gasteiger partial charge in [0.15, 0.2) is 0 Å². The van der Waals surface area contributed by atoms with Gasteiger partial charge < -0.3 is 4.57 Å². The summed E-state index contributed by atoms with van der Waals surface area (Å²) in [6.45, 7) is 0. The summed E-state index contributed by atoms with van der Waals surface area (Å²) in [7, 11) is 0. The van der Waals surface area contributed by atoms with Crippen LogP contribution in [0.25, 0.3) is 10.4 Å². The Morgan fingerprint density at radius 3 is 2.82 bits per heavy atom. The van der Waals surface area contributed by atoms with Crippen molar-refractivity contribution in [1.29, 1.82) is 5.26 Å². The van der Waals surface area contributed by atoms with Crippen molar-refractivity contribution in [1.82, 2.24) is 4.57 Å². The number of aromatic nitrogens is 1. The van der Waals surface area contributed by atoms with Crippen LogP contribution >= 0.6 is 11.3 Å². The molecule has 0 unspecified atom stereocenters. The van der Waals surface area contributed by atoms with Crippen LogP contribution in [-0.2, 0) is 0 Å². The van der Waals surface area contributed by atoms with Crippen LogP contribution in [0.1, 0.15) is 24.4 Å². The van der Waals surface area contributed by atoms with Gasteiger partial charge in [-0.25, -0.2) is 0 Å². The summed E-state index contributed by atoms with van der Waals surface area (Å²) >= 11 is 1.54. The third kappa shape index (κ3) is 1.69. The van der Waals surface area contributed by atoms with Crippen LogP contribution in [-0.4, -0.2) is 4.57 Å². The van der Waals surface area contributed by atoms with E-state index in [1.54, 1.807) is 15.9 Å². The summed E-state index contributed by atoms with van der Waals surface area (Å²) in [6.07, 6.45) is 3.90. The number of nitriles is 1. The molecule has 1 saturated carbocycles. The molecule has 0 spiro atoms. The molecule has 0 amide bonds. The minimum Gasteiger partial charge on any atom is -0.311 e. The number of hydrogen-bond donors (Lipinski definition) is 0. The first-order valence-electron chi connectivity index (χ1n) is 5.50. The molecule has 0 aromatic carbocycles. The van der Waals surface area contributed by atoms with E-state index in [-0.39, 0.29) is 11.1 Å². The van der Waals surface area contributed by atoms with Gasteiger partial charge in [0.2, 0.25) is 0 Å². The Morgan fingerprint density at radius 2 is 2.24 bits per heavy atom. The maximum Gasteiger partial charge on any atom is 0.269 e. The van der Waals surface area contributed by atoms with Crippen LogP contribution in [0.15, 0.2) is 34.6 Å². The topological polar surface area (TPSA) is 45.8 Å². The first-order valence-corrected chi connectivity index (χ1v) is 6.38. The lowest BCUT2D eigenvalue weighted by atomic mass is 10.1. The lowest BCUT2D eigenvalue weighted by Crippen LogP contribution is -2.21. The minimum atomic E-state index is -0.152. The zero-order chi connectivity index (χ0) is 11.8. The normalized spacial score (nSPS) is 14.5. The molecule has 0 radical (unpaired) electrons. The first-order chi connectivity index (χ1) is 8.31. The lowest BCUT2D eigenvalue weighted by molar-refractivity contribution is 0.706. The molecule has 1 fully saturated rings. The highest BCUT2D eigenvalue weighted by Gasteiger charge is 2.26. The molecule has 3 rings (SSSR count). The van der Waals surface area contributed by atoms with E-state index in [1.807, 2.05) is 35.8 Å². The highest BCUT2D eigenvalue weighted by atomic mass is 32.1. The molecule has 3 nitrogen and oxygen atoms in total. The Bertz CT molecular complexity index is 645. The lowest BCUT2D eigenvalue weighted by Gasteiger charge is -2.06. The fraction of sp³-hybridized carbons (Fsp3) is 0.231. The van der Waals surface area contributed by atoms with Crippen molar-refractivity contribution in [2.75, 3.05) is 0 Å². The van der Waals surface area contributed by atoms with Crippen molar-refractivity contribution in [3.63, 3.8) is 0 Å². The molecule has 2 aromatic rings. The molecule has 2 heterocycles. The second kappa shape index (κ2) is 3.86. The van der Waals surface area contributed by atoms with Crippen LogP contribution in [0.2, 0.25) is 0 Å². The summed E-state index contributed by atoms with van der Waals surface area (Å²) in [5, 5.41) is 11.1. The number of thiophene rings is 1. The van der Waals surface area contributed by atoms with E-state index >= 15 is 0 Å².